The van der Waals surface area contributed by atoms with Gasteiger partial charge < -0.3 is 0 Å². The highest BCUT2D eigenvalue weighted by molar-refractivity contribution is 6.01. The van der Waals surface area contributed by atoms with Gasteiger partial charge in [-0.3, -0.25) is 0 Å². The number of rotatable bonds is 0. The van der Waals surface area contributed by atoms with Gasteiger partial charge in [0.15, 0.2) is 12.7 Å². The van der Waals surface area contributed by atoms with Crippen molar-refractivity contribution in [3.05, 3.63) is 65.4 Å². The second-order valence-corrected chi connectivity index (χ2v) is 6.53. The van der Waals surface area contributed by atoms with E-state index in [1.165, 1.54) is 38.7 Å². The summed E-state index contributed by atoms with van der Waals surface area (Å²) in [6.07, 6.45) is 2.24. The van der Waals surface area contributed by atoms with E-state index in [-0.39, 0.29) is 5.41 Å². The van der Waals surface area contributed by atoms with Crippen LogP contribution in [0.2, 0.25) is 0 Å². The molecule has 2 heterocycles. The molecule has 0 bridgehead atoms. The van der Waals surface area contributed by atoms with Crippen LogP contribution in [0.1, 0.15) is 30.5 Å². The van der Waals surface area contributed by atoms with Crippen molar-refractivity contribution in [2.24, 2.45) is 0 Å². The average molecular weight is 258 g/mol. The lowest BCUT2D eigenvalue weighted by Crippen LogP contribution is -2.34. The van der Waals surface area contributed by atoms with Crippen LogP contribution in [-0.2, 0) is 12.0 Å². The van der Waals surface area contributed by atoms with Gasteiger partial charge in [-0.15, -0.1) is 0 Å². The molecule has 1 nitrogen and oxygen atoms in total. The normalized spacial score (nSPS) is 16.7. The minimum Gasteiger partial charge on any atom is -0.193 e. The second kappa shape index (κ2) is 3.12. The van der Waals surface area contributed by atoms with Gasteiger partial charge in [0.1, 0.15) is 0 Å². The van der Waals surface area contributed by atoms with Crippen molar-refractivity contribution in [1.29, 1.82) is 0 Å². The third kappa shape index (κ3) is 1.01. The number of hydrogen-bond acceptors (Lipinski definition) is 0. The van der Waals surface area contributed by atoms with Crippen molar-refractivity contribution in [3.8, 4) is 11.3 Å². The molecule has 0 N–H and O–H groups in total. The molecule has 20 heavy (non-hydrogen) atoms. The lowest BCUT2D eigenvalue weighted by Gasteiger charge is -2.32. The summed E-state index contributed by atoms with van der Waals surface area (Å²) in [6, 6.07) is 15.8. The van der Waals surface area contributed by atoms with Crippen molar-refractivity contribution in [1.82, 2.24) is 0 Å². The summed E-state index contributed by atoms with van der Waals surface area (Å²) in [5.74, 6) is 0. The molecule has 0 saturated heterocycles. The molecule has 1 aliphatic heterocycles. The van der Waals surface area contributed by atoms with Gasteiger partial charge >= 0.3 is 0 Å². The molecule has 0 unspecified atom stereocenters. The van der Waals surface area contributed by atoms with Crippen LogP contribution < -0.4 is 4.57 Å². The molecule has 0 atom stereocenters. The molecule has 96 valence electrons. The molecule has 0 fully saturated rings. The van der Waals surface area contributed by atoms with Gasteiger partial charge in [-0.05, 0) is 16.5 Å². The number of nitrogens with zero attached hydrogens (tertiary/aromatic N) is 1. The highest BCUT2D eigenvalue weighted by atomic mass is 15.0. The molecule has 5 rings (SSSR count). The quantitative estimate of drug-likeness (QED) is 0.422. The second-order valence-electron chi connectivity index (χ2n) is 6.53. The fourth-order valence-electron chi connectivity index (χ4n) is 4.14. The largest absolute Gasteiger partial charge is 0.221 e. The summed E-state index contributed by atoms with van der Waals surface area (Å²) < 4.78 is 2.41. The fourth-order valence-corrected chi connectivity index (χ4v) is 4.14. The summed E-state index contributed by atoms with van der Waals surface area (Å²) in [5.41, 5.74) is 7.42. The van der Waals surface area contributed by atoms with Gasteiger partial charge in [-0.2, -0.15) is 4.57 Å². The number of aromatic nitrogens is 1. The lowest BCUT2D eigenvalue weighted by molar-refractivity contribution is -0.671. The fraction of sp³-hybridized carbons (Fsp3) is 0.211. The monoisotopic (exact) mass is 258 g/mol. The summed E-state index contributed by atoms with van der Waals surface area (Å²) in [6.45, 7) is 5.73. The van der Waals surface area contributed by atoms with E-state index in [4.69, 9.17) is 0 Å². The molecular weight excluding hydrogens is 242 g/mol. The zero-order valence-corrected chi connectivity index (χ0v) is 11.8. The lowest BCUT2D eigenvalue weighted by atomic mass is 9.69. The Hall–Kier alpha value is -2.15. The number of hydrogen-bond donors (Lipinski definition) is 0. The Morgan fingerprint density at radius 1 is 0.950 bits per heavy atom. The van der Waals surface area contributed by atoms with E-state index >= 15 is 0 Å². The minimum atomic E-state index is 0.0847. The Labute approximate surface area is 118 Å². The van der Waals surface area contributed by atoms with Crippen molar-refractivity contribution in [3.63, 3.8) is 0 Å². The SMILES string of the molecule is CC1(C)c2cccc3c2-c2c4c1cccc4cc[n+]2C3. The van der Waals surface area contributed by atoms with E-state index in [9.17, 15) is 0 Å². The van der Waals surface area contributed by atoms with Crippen LogP contribution in [0.15, 0.2) is 48.7 Å². The molecule has 0 radical (unpaired) electrons. The van der Waals surface area contributed by atoms with E-state index in [2.05, 4.69) is 67.1 Å². The van der Waals surface area contributed by atoms with Crippen molar-refractivity contribution >= 4 is 10.8 Å². The molecular formula is C19H16N+. The van der Waals surface area contributed by atoms with Gasteiger partial charge in [0.25, 0.3) is 0 Å². The van der Waals surface area contributed by atoms with Crippen molar-refractivity contribution in [2.45, 2.75) is 25.8 Å². The highest BCUT2D eigenvalue weighted by Gasteiger charge is 2.42. The first-order valence-electron chi connectivity index (χ1n) is 7.26. The zero-order valence-electron chi connectivity index (χ0n) is 11.8. The molecule has 1 aliphatic carbocycles. The van der Waals surface area contributed by atoms with Crippen LogP contribution in [0.3, 0.4) is 0 Å². The topological polar surface area (TPSA) is 3.88 Å². The molecule has 0 spiro atoms. The molecule has 0 saturated carbocycles. The predicted octanol–water partition coefficient (Wildman–Crippen LogP) is 3.80. The Kier molecular flexibility index (Phi) is 1.65. The van der Waals surface area contributed by atoms with Crippen LogP contribution in [0.25, 0.3) is 22.0 Å². The van der Waals surface area contributed by atoms with Gasteiger partial charge in [0, 0.05) is 17.0 Å². The Bertz CT molecular complexity index is 903. The maximum atomic E-state index is 2.41. The predicted molar refractivity (Wildman–Crippen MR) is 80.8 cm³/mol. The van der Waals surface area contributed by atoms with Crippen LogP contribution in [-0.4, -0.2) is 0 Å². The van der Waals surface area contributed by atoms with Gasteiger partial charge in [0.2, 0.25) is 5.69 Å². The highest BCUT2D eigenvalue weighted by Crippen LogP contribution is 2.49. The minimum absolute atomic E-state index is 0.0847. The first-order chi connectivity index (χ1) is 9.68. The molecule has 1 aromatic heterocycles. The van der Waals surface area contributed by atoms with Gasteiger partial charge in [-0.25, -0.2) is 0 Å². The number of pyridine rings is 1. The molecule has 2 aromatic carbocycles. The average Bonchev–Trinajstić information content (AvgIpc) is 2.84. The first kappa shape index (κ1) is 10.6. The van der Waals surface area contributed by atoms with Crippen LogP contribution in [0.5, 0.6) is 0 Å². The summed E-state index contributed by atoms with van der Waals surface area (Å²) in [4.78, 5) is 0. The van der Waals surface area contributed by atoms with Gasteiger partial charge in [-0.1, -0.05) is 50.2 Å². The summed E-state index contributed by atoms with van der Waals surface area (Å²) in [7, 11) is 0. The van der Waals surface area contributed by atoms with E-state index in [0.29, 0.717) is 0 Å². The third-order valence-corrected chi connectivity index (χ3v) is 5.13. The van der Waals surface area contributed by atoms with Gasteiger partial charge in [0.05, 0.1) is 10.9 Å². The van der Waals surface area contributed by atoms with Crippen LogP contribution in [0, 0.1) is 0 Å². The maximum absolute atomic E-state index is 2.41. The Morgan fingerprint density at radius 3 is 2.65 bits per heavy atom. The van der Waals surface area contributed by atoms with Crippen molar-refractivity contribution in [2.75, 3.05) is 0 Å². The first-order valence-corrected chi connectivity index (χ1v) is 7.26. The third-order valence-electron chi connectivity index (χ3n) is 5.13. The van der Waals surface area contributed by atoms with Crippen LogP contribution >= 0.6 is 0 Å². The molecule has 2 aliphatic rings. The summed E-state index contributed by atoms with van der Waals surface area (Å²) in [5, 5.41) is 2.82. The molecule has 3 aromatic rings. The zero-order chi connectivity index (χ0) is 13.5. The van der Waals surface area contributed by atoms with E-state index in [1.807, 2.05) is 0 Å². The Balaban J connectivity index is 2.14. The standard InChI is InChI=1S/C19H16N/c1-19(2)14-7-3-5-12-9-10-20-11-13-6-4-8-15(19)17(13)18(20)16(12)14/h3-10H,11H2,1-2H3/q+1. The van der Waals surface area contributed by atoms with Crippen molar-refractivity contribution < 1.29 is 4.57 Å². The van der Waals surface area contributed by atoms with Crippen LogP contribution in [0.4, 0.5) is 0 Å². The molecule has 0 amide bonds. The van der Waals surface area contributed by atoms with E-state index in [1.54, 1.807) is 0 Å². The van der Waals surface area contributed by atoms with E-state index in [0.717, 1.165) is 6.54 Å². The maximum Gasteiger partial charge on any atom is 0.221 e. The van der Waals surface area contributed by atoms with E-state index < -0.39 is 0 Å². The smallest absolute Gasteiger partial charge is 0.193 e. The molecule has 1 heteroatoms. The summed E-state index contributed by atoms with van der Waals surface area (Å²) >= 11 is 0. The number of benzene rings is 2. The Morgan fingerprint density at radius 2 is 1.75 bits per heavy atom.